The first kappa shape index (κ1) is 18.6. The second kappa shape index (κ2) is 7.71. The fourth-order valence-electron chi connectivity index (χ4n) is 3.85. The minimum Gasteiger partial charge on any atom is -0.348 e. The van der Waals surface area contributed by atoms with Gasteiger partial charge in [0.15, 0.2) is 0 Å². The molecule has 8 nitrogen and oxygen atoms in total. The zero-order valence-electron chi connectivity index (χ0n) is 16.6. The lowest BCUT2D eigenvalue weighted by molar-refractivity contribution is 0.0927. The van der Waals surface area contributed by atoms with Crippen molar-refractivity contribution in [1.82, 2.24) is 30.1 Å². The number of amides is 1. The smallest absolute Gasteiger partial charge is 0.259 e. The van der Waals surface area contributed by atoms with Crippen LogP contribution in [0.1, 0.15) is 42.2 Å². The zero-order valence-corrected chi connectivity index (χ0v) is 16.6. The number of hydrogen-bond donors (Lipinski definition) is 1. The number of fused-ring (bicyclic) bond motifs is 1. The van der Waals surface area contributed by atoms with E-state index < -0.39 is 0 Å². The van der Waals surface area contributed by atoms with Crippen LogP contribution in [0.3, 0.4) is 0 Å². The minimum absolute atomic E-state index is 0.0517. The first-order chi connectivity index (χ1) is 13.5. The normalized spacial score (nSPS) is 16.4. The Morgan fingerprint density at radius 1 is 1.32 bits per heavy atom. The number of hydrogen-bond acceptors (Lipinski definition) is 6. The van der Waals surface area contributed by atoms with Crippen LogP contribution in [0, 0.1) is 6.92 Å². The van der Waals surface area contributed by atoms with Crippen molar-refractivity contribution in [2.45, 2.75) is 39.2 Å². The number of piperidine rings is 1. The van der Waals surface area contributed by atoms with Crippen LogP contribution in [-0.4, -0.2) is 56.4 Å². The maximum atomic E-state index is 13.1. The van der Waals surface area contributed by atoms with E-state index >= 15 is 0 Å². The van der Waals surface area contributed by atoms with Gasteiger partial charge in [-0.05, 0) is 45.8 Å². The Morgan fingerprint density at radius 2 is 2.11 bits per heavy atom. The van der Waals surface area contributed by atoms with Crippen molar-refractivity contribution >= 4 is 17.0 Å². The van der Waals surface area contributed by atoms with Crippen LogP contribution in [0.5, 0.6) is 0 Å². The number of pyridine rings is 1. The molecule has 1 aliphatic heterocycles. The molecule has 0 saturated carbocycles. The number of nitrogens with one attached hydrogen (secondary N) is 1. The summed E-state index contributed by atoms with van der Waals surface area (Å²) in [5.74, 6) is -0.131. The molecule has 0 spiro atoms. The van der Waals surface area contributed by atoms with Crippen molar-refractivity contribution in [3.8, 4) is 11.3 Å². The van der Waals surface area contributed by atoms with Gasteiger partial charge in [-0.25, -0.2) is 4.98 Å². The molecule has 0 bridgehead atoms. The van der Waals surface area contributed by atoms with E-state index in [1.54, 1.807) is 16.9 Å². The number of aromatic nitrogens is 4. The fourth-order valence-corrected chi connectivity index (χ4v) is 3.85. The lowest BCUT2D eigenvalue weighted by atomic mass is 10.1. The number of rotatable bonds is 5. The maximum absolute atomic E-state index is 13.1. The third-order valence-electron chi connectivity index (χ3n) is 5.22. The minimum atomic E-state index is -0.131. The van der Waals surface area contributed by atoms with E-state index in [1.165, 1.54) is 19.3 Å². The second-order valence-corrected chi connectivity index (χ2v) is 7.64. The van der Waals surface area contributed by atoms with Crippen LogP contribution in [0.25, 0.3) is 22.4 Å². The van der Waals surface area contributed by atoms with Crippen molar-refractivity contribution in [1.29, 1.82) is 0 Å². The Bertz CT molecular complexity index is 986. The van der Waals surface area contributed by atoms with E-state index in [2.05, 4.69) is 25.5 Å². The topological polar surface area (TPSA) is 89.1 Å². The van der Waals surface area contributed by atoms with E-state index in [4.69, 9.17) is 4.52 Å². The number of likely N-dealkylation sites (tertiary alicyclic amines) is 1. The van der Waals surface area contributed by atoms with Crippen molar-refractivity contribution in [3.05, 3.63) is 29.7 Å². The number of carbonyl (C=O) groups excluding carboxylic acids is 1. The van der Waals surface area contributed by atoms with Gasteiger partial charge in [-0.15, -0.1) is 0 Å². The zero-order chi connectivity index (χ0) is 19.7. The molecule has 1 aliphatic rings. The van der Waals surface area contributed by atoms with E-state index in [0.29, 0.717) is 28.1 Å². The summed E-state index contributed by atoms with van der Waals surface area (Å²) in [5, 5.41) is 12.0. The van der Waals surface area contributed by atoms with E-state index in [-0.39, 0.29) is 11.9 Å². The number of nitrogens with zero attached hydrogens (tertiary/aromatic N) is 5. The molecule has 1 amide bonds. The first-order valence-electron chi connectivity index (χ1n) is 9.80. The molecular weight excluding hydrogens is 356 g/mol. The second-order valence-electron chi connectivity index (χ2n) is 7.64. The van der Waals surface area contributed by atoms with Crippen molar-refractivity contribution in [2.24, 2.45) is 7.05 Å². The summed E-state index contributed by atoms with van der Waals surface area (Å²) in [7, 11) is 1.84. The van der Waals surface area contributed by atoms with Crippen LogP contribution in [0.4, 0.5) is 0 Å². The predicted molar refractivity (Wildman–Crippen MR) is 106 cm³/mol. The highest BCUT2D eigenvalue weighted by Gasteiger charge is 2.22. The average Bonchev–Trinajstić information content (AvgIpc) is 3.28. The molecule has 0 aromatic carbocycles. The Kier molecular flexibility index (Phi) is 5.13. The van der Waals surface area contributed by atoms with Crippen molar-refractivity contribution < 1.29 is 9.32 Å². The predicted octanol–water partition coefficient (Wildman–Crippen LogP) is 2.54. The SMILES string of the molecule is Cc1noc2nc(-c3cnn(C)c3)cc(C(=O)N[C@@H](C)CN3CCCCC3)c12. The van der Waals surface area contributed by atoms with Crippen LogP contribution in [0.2, 0.25) is 0 Å². The van der Waals surface area contributed by atoms with Gasteiger partial charge in [0, 0.05) is 31.4 Å². The van der Waals surface area contributed by atoms with Crippen LogP contribution < -0.4 is 5.32 Å². The number of aryl methyl sites for hydroxylation is 2. The molecule has 1 atom stereocenters. The van der Waals surface area contributed by atoms with Gasteiger partial charge in [0.1, 0.15) is 0 Å². The van der Waals surface area contributed by atoms with Crippen LogP contribution in [0.15, 0.2) is 23.0 Å². The fraction of sp³-hybridized carbons (Fsp3) is 0.500. The third kappa shape index (κ3) is 3.77. The van der Waals surface area contributed by atoms with Gasteiger partial charge < -0.3 is 14.7 Å². The lowest BCUT2D eigenvalue weighted by Gasteiger charge is -2.29. The molecule has 3 aromatic rings. The maximum Gasteiger partial charge on any atom is 0.259 e. The summed E-state index contributed by atoms with van der Waals surface area (Å²) in [6.45, 7) is 6.95. The molecule has 4 heterocycles. The van der Waals surface area contributed by atoms with Crippen LogP contribution >= 0.6 is 0 Å². The van der Waals surface area contributed by atoms with Gasteiger partial charge in [-0.1, -0.05) is 11.6 Å². The molecule has 0 unspecified atom stereocenters. The van der Waals surface area contributed by atoms with Gasteiger partial charge in [-0.3, -0.25) is 9.48 Å². The van der Waals surface area contributed by atoms with E-state index in [0.717, 1.165) is 25.2 Å². The summed E-state index contributed by atoms with van der Waals surface area (Å²) in [5.41, 5.74) is 3.04. The number of carbonyl (C=O) groups is 1. The van der Waals surface area contributed by atoms with Gasteiger partial charge in [0.25, 0.3) is 11.6 Å². The largest absolute Gasteiger partial charge is 0.348 e. The van der Waals surface area contributed by atoms with E-state index in [9.17, 15) is 4.79 Å². The molecule has 0 aliphatic carbocycles. The highest BCUT2D eigenvalue weighted by Crippen LogP contribution is 2.26. The van der Waals surface area contributed by atoms with Gasteiger partial charge in [0.2, 0.25) is 0 Å². The quantitative estimate of drug-likeness (QED) is 0.729. The molecule has 8 heteroatoms. The van der Waals surface area contributed by atoms with E-state index in [1.807, 2.05) is 27.1 Å². The lowest BCUT2D eigenvalue weighted by Crippen LogP contribution is -2.43. The summed E-state index contributed by atoms with van der Waals surface area (Å²) < 4.78 is 7.06. The standard InChI is InChI=1S/C20H26N6O2/c1-13(11-26-7-5-4-6-8-26)22-19(27)16-9-17(15-10-21-25(3)12-15)23-20-18(16)14(2)24-28-20/h9-10,12-13H,4-8,11H2,1-3H3,(H,22,27)/t13-/m0/s1. The first-order valence-corrected chi connectivity index (χ1v) is 9.80. The summed E-state index contributed by atoms with van der Waals surface area (Å²) >= 11 is 0. The molecule has 0 radical (unpaired) electrons. The van der Waals surface area contributed by atoms with Crippen LogP contribution in [-0.2, 0) is 7.05 Å². The summed E-state index contributed by atoms with van der Waals surface area (Å²) in [6, 6.07) is 1.85. The third-order valence-corrected chi connectivity index (χ3v) is 5.22. The monoisotopic (exact) mass is 382 g/mol. The van der Waals surface area contributed by atoms with Gasteiger partial charge >= 0.3 is 0 Å². The molecule has 28 heavy (non-hydrogen) atoms. The molecule has 148 valence electrons. The molecule has 3 aromatic heterocycles. The van der Waals surface area contributed by atoms with Gasteiger partial charge in [0.05, 0.1) is 28.5 Å². The molecule has 1 N–H and O–H groups in total. The Hall–Kier alpha value is -2.74. The Morgan fingerprint density at radius 3 is 2.82 bits per heavy atom. The highest BCUT2D eigenvalue weighted by molar-refractivity contribution is 6.07. The molecule has 1 saturated heterocycles. The molecule has 1 fully saturated rings. The van der Waals surface area contributed by atoms with Crippen molar-refractivity contribution in [2.75, 3.05) is 19.6 Å². The molecular formula is C20H26N6O2. The summed E-state index contributed by atoms with van der Waals surface area (Å²) in [6.07, 6.45) is 7.35. The highest BCUT2D eigenvalue weighted by atomic mass is 16.5. The Balaban J connectivity index is 1.60. The van der Waals surface area contributed by atoms with Gasteiger partial charge in [-0.2, -0.15) is 5.10 Å². The van der Waals surface area contributed by atoms with Crippen molar-refractivity contribution in [3.63, 3.8) is 0 Å². The summed E-state index contributed by atoms with van der Waals surface area (Å²) in [4.78, 5) is 20.0. The average molecular weight is 382 g/mol. The Labute approximate surface area is 163 Å². The molecule has 4 rings (SSSR count).